The van der Waals surface area contributed by atoms with Crippen LogP contribution in [0.3, 0.4) is 0 Å². The Balaban J connectivity index is 1.86. The van der Waals surface area contributed by atoms with Crippen LogP contribution in [0.1, 0.15) is 6.42 Å². The molecule has 1 heterocycles. The number of nitrogens with one attached hydrogen (secondary N) is 1. The zero-order chi connectivity index (χ0) is 17.3. The minimum atomic E-state index is -0.693. The van der Waals surface area contributed by atoms with Crippen molar-refractivity contribution >= 4 is 46.4 Å². The van der Waals surface area contributed by atoms with E-state index in [1.807, 2.05) is 0 Å². The highest BCUT2D eigenvalue weighted by Gasteiger charge is 2.40. The molecule has 0 aliphatic carbocycles. The van der Waals surface area contributed by atoms with Gasteiger partial charge in [-0.3, -0.25) is 9.59 Å². The quantitative estimate of drug-likeness (QED) is 0.839. The third-order valence-electron chi connectivity index (χ3n) is 3.73. The maximum absolute atomic E-state index is 12.7. The van der Waals surface area contributed by atoms with Gasteiger partial charge in [-0.05, 0) is 30.3 Å². The number of para-hydroxylation sites is 2. The summed E-state index contributed by atoms with van der Waals surface area (Å²) in [6, 6.07) is 11.1. The number of carbonyl (C=O) groups is 2. The molecule has 0 bridgehead atoms. The van der Waals surface area contributed by atoms with E-state index in [4.69, 9.17) is 27.9 Å². The van der Waals surface area contributed by atoms with Crippen LogP contribution < -0.4 is 15.0 Å². The van der Waals surface area contributed by atoms with Crippen molar-refractivity contribution in [3.05, 3.63) is 52.5 Å². The first-order valence-electron chi connectivity index (χ1n) is 7.22. The molecule has 5 nitrogen and oxygen atoms in total. The van der Waals surface area contributed by atoms with Gasteiger partial charge in [0, 0.05) is 5.02 Å². The Morgan fingerprint density at radius 2 is 1.92 bits per heavy atom. The van der Waals surface area contributed by atoms with Crippen molar-refractivity contribution in [2.75, 3.05) is 17.3 Å². The lowest BCUT2D eigenvalue weighted by atomic mass is 10.2. The van der Waals surface area contributed by atoms with Crippen molar-refractivity contribution < 1.29 is 14.3 Å². The van der Waals surface area contributed by atoms with Crippen molar-refractivity contribution in [2.24, 2.45) is 0 Å². The molecule has 0 spiro atoms. The molecule has 24 heavy (non-hydrogen) atoms. The Labute approximate surface area is 149 Å². The van der Waals surface area contributed by atoms with Crippen molar-refractivity contribution in [3.8, 4) is 5.75 Å². The average molecular weight is 365 g/mol. The van der Waals surface area contributed by atoms with Crippen LogP contribution in [0.2, 0.25) is 10.0 Å². The number of amides is 2. The van der Waals surface area contributed by atoms with Gasteiger partial charge in [-0.1, -0.05) is 35.3 Å². The Morgan fingerprint density at radius 1 is 1.17 bits per heavy atom. The normalized spacial score (nSPS) is 17.3. The summed E-state index contributed by atoms with van der Waals surface area (Å²) in [6.45, 7) is 0. The van der Waals surface area contributed by atoms with Crippen molar-refractivity contribution in [1.29, 1.82) is 0 Å². The van der Waals surface area contributed by atoms with Crippen LogP contribution in [-0.4, -0.2) is 25.0 Å². The number of imide groups is 1. The van der Waals surface area contributed by atoms with E-state index in [0.717, 1.165) is 4.90 Å². The molecule has 2 aromatic rings. The second-order valence-corrected chi connectivity index (χ2v) is 6.11. The number of benzene rings is 2. The monoisotopic (exact) mass is 364 g/mol. The van der Waals surface area contributed by atoms with Crippen LogP contribution in [0.5, 0.6) is 5.75 Å². The van der Waals surface area contributed by atoms with Crippen molar-refractivity contribution in [2.45, 2.75) is 12.5 Å². The summed E-state index contributed by atoms with van der Waals surface area (Å²) >= 11 is 12.0. The summed E-state index contributed by atoms with van der Waals surface area (Å²) in [5.74, 6) is -0.188. The van der Waals surface area contributed by atoms with Crippen LogP contribution in [0, 0.1) is 0 Å². The van der Waals surface area contributed by atoms with Crippen LogP contribution in [0.15, 0.2) is 42.5 Å². The van der Waals surface area contributed by atoms with Gasteiger partial charge in [0.2, 0.25) is 5.91 Å². The number of anilines is 2. The zero-order valence-corrected chi connectivity index (χ0v) is 14.3. The number of rotatable bonds is 4. The molecule has 1 aliphatic heterocycles. The van der Waals surface area contributed by atoms with Gasteiger partial charge in [-0.25, -0.2) is 4.90 Å². The van der Waals surface area contributed by atoms with Gasteiger partial charge in [-0.15, -0.1) is 0 Å². The summed E-state index contributed by atoms with van der Waals surface area (Å²) in [7, 11) is 1.49. The van der Waals surface area contributed by atoms with Gasteiger partial charge < -0.3 is 10.1 Å². The average Bonchev–Trinajstić information content (AvgIpc) is 2.84. The summed E-state index contributed by atoms with van der Waals surface area (Å²) in [5.41, 5.74) is 0.982. The maximum atomic E-state index is 12.7. The van der Waals surface area contributed by atoms with E-state index < -0.39 is 6.04 Å². The van der Waals surface area contributed by atoms with Crippen LogP contribution in [0.25, 0.3) is 0 Å². The molecule has 3 rings (SSSR count). The molecule has 1 aliphatic rings. The molecule has 124 valence electrons. The Bertz CT molecular complexity index is 810. The predicted molar refractivity (Wildman–Crippen MR) is 94.0 cm³/mol. The number of carbonyl (C=O) groups excluding carboxylic acids is 2. The van der Waals surface area contributed by atoms with E-state index in [1.54, 1.807) is 42.5 Å². The number of methoxy groups -OCH3 is 1. The Kier molecular flexibility index (Phi) is 4.64. The highest BCUT2D eigenvalue weighted by Crippen LogP contribution is 2.33. The molecule has 0 radical (unpaired) electrons. The van der Waals surface area contributed by atoms with E-state index in [-0.39, 0.29) is 18.2 Å². The molecular formula is C17H14Cl2N2O3. The number of hydrogen-bond acceptors (Lipinski definition) is 4. The minimum Gasteiger partial charge on any atom is -0.495 e. The molecule has 0 saturated carbocycles. The standard InChI is InChI=1S/C17H14Cl2N2O3/c1-24-15-5-3-2-4-14(15)21-16(22)9-13(17(21)23)20-12-7-6-10(18)8-11(12)19/h2-8,13,20H,9H2,1H3. The maximum Gasteiger partial charge on any atom is 0.256 e. The van der Waals surface area contributed by atoms with Crippen LogP contribution in [-0.2, 0) is 9.59 Å². The topological polar surface area (TPSA) is 58.6 Å². The summed E-state index contributed by atoms with van der Waals surface area (Å²) in [4.78, 5) is 26.2. The van der Waals surface area contributed by atoms with E-state index in [0.29, 0.717) is 27.2 Å². The molecule has 1 saturated heterocycles. The van der Waals surface area contributed by atoms with Crippen LogP contribution in [0.4, 0.5) is 11.4 Å². The van der Waals surface area contributed by atoms with Gasteiger partial charge in [-0.2, -0.15) is 0 Å². The molecule has 0 aromatic heterocycles. The summed E-state index contributed by atoms with van der Waals surface area (Å²) in [6.07, 6.45) is 0.0375. The molecule has 7 heteroatoms. The first-order chi connectivity index (χ1) is 11.5. The van der Waals surface area contributed by atoms with E-state index in [9.17, 15) is 9.59 Å². The first-order valence-corrected chi connectivity index (χ1v) is 7.98. The number of hydrogen-bond donors (Lipinski definition) is 1. The second-order valence-electron chi connectivity index (χ2n) is 5.26. The fourth-order valence-corrected chi connectivity index (χ4v) is 3.07. The summed E-state index contributed by atoms with van der Waals surface area (Å²) in [5, 5.41) is 3.89. The summed E-state index contributed by atoms with van der Waals surface area (Å²) < 4.78 is 5.24. The number of halogens is 2. The molecule has 2 aromatic carbocycles. The second kappa shape index (κ2) is 6.71. The number of nitrogens with zero attached hydrogens (tertiary/aromatic N) is 1. The fourth-order valence-electron chi connectivity index (χ4n) is 2.61. The van der Waals surface area contributed by atoms with E-state index >= 15 is 0 Å². The zero-order valence-electron chi connectivity index (χ0n) is 12.8. The minimum absolute atomic E-state index is 0.0375. The Morgan fingerprint density at radius 3 is 2.62 bits per heavy atom. The molecule has 2 amide bonds. The van der Waals surface area contributed by atoms with Gasteiger partial charge >= 0.3 is 0 Å². The van der Waals surface area contributed by atoms with Gasteiger partial charge in [0.25, 0.3) is 5.91 Å². The third kappa shape index (κ3) is 3.05. The SMILES string of the molecule is COc1ccccc1N1C(=O)CC(Nc2ccc(Cl)cc2Cl)C1=O. The molecule has 1 atom stereocenters. The largest absolute Gasteiger partial charge is 0.495 e. The molecule has 1 N–H and O–H groups in total. The number of ether oxygens (including phenoxy) is 1. The van der Waals surface area contributed by atoms with Crippen molar-refractivity contribution in [1.82, 2.24) is 0 Å². The predicted octanol–water partition coefficient (Wildman–Crippen LogP) is 3.75. The smallest absolute Gasteiger partial charge is 0.256 e. The third-order valence-corrected chi connectivity index (χ3v) is 4.28. The lowest BCUT2D eigenvalue weighted by molar-refractivity contribution is -0.121. The van der Waals surface area contributed by atoms with Gasteiger partial charge in [0.1, 0.15) is 11.8 Å². The lowest BCUT2D eigenvalue weighted by Crippen LogP contribution is -2.35. The Hall–Kier alpha value is -2.24. The van der Waals surface area contributed by atoms with E-state index in [1.165, 1.54) is 7.11 Å². The van der Waals surface area contributed by atoms with Crippen LogP contribution >= 0.6 is 23.2 Å². The first kappa shape index (κ1) is 16.6. The highest BCUT2D eigenvalue weighted by atomic mass is 35.5. The van der Waals surface area contributed by atoms with Crippen molar-refractivity contribution in [3.63, 3.8) is 0 Å². The molecule has 1 unspecified atom stereocenters. The fraction of sp³-hybridized carbons (Fsp3) is 0.176. The lowest BCUT2D eigenvalue weighted by Gasteiger charge is -2.18. The van der Waals surface area contributed by atoms with Gasteiger partial charge in [0.15, 0.2) is 0 Å². The van der Waals surface area contributed by atoms with E-state index in [2.05, 4.69) is 5.32 Å². The molecule has 1 fully saturated rings. The van der Waals surface area contributed by atoms with Gasteiger partial charge in [0.05, 0.1) is 29.9 Å². The highest BCUT2D eigenvalue weighted by molar-refractivity contribution is 6.36. The molecular weight excluding hydrogens is 351 g/mol.